The second-order valence-corrected chi connectivity index (χ2v) is 6.35. The summed E-state index contributed by atoms with van der Waals surface area (Å²) < 4.78 is 1.06. The van der Waals surface area contributed by atoms with Crippen LogP contribution in [0.25, 0.3) is 10.9 Å². The standard InChI is InChI=1S/C13H11N3S2/c1-8-2-4-10-9(6-8)3-5-11(16-10)17-12-7-15-13(14)18-12/h2-7H,1H3,(H2,14,15). The van der Waals surface area contributed by atoms with Crippen LogP contribution in [-0.2, 0) is 0 Å². The van der Waals surface area contributed by atoms with Crippen molar-refractivity contribution < 1.29 is 0 Å². The molecule has 3 aromatic rings. The van der Waals surface area contributed by atoms with Crippen LogP contribution in [0.4, 0.5) is 5.13 Å². The van der Waals surface area contributed by atoms with E-state index >= 15 is 0 Å². The quantitative estimate of drug-likeness (QED) is 0.773. The lowest BCUT2D eigenvalue weighted by Crippen LogP contribution is -1.82. The Labute approximate surface area is 113 Å². The van der Waals surface area contributed by atoms with E-state index in [9.17, 15) is 0 Å². The molecule has 0 aliphatic rings. The molecule has 0 unspecified atom stereocenters. The number of rotatable bonds is 2. The molecule has 0 bridgehead atoms. The Morgan fingerprint density at radius 1 is 1.22 bits per heavy atom. The number of anilines is 1. The number of hydrogen-bond acceptors (Lipinski definition) is 5. The lowest BCUT2D eigenvalue weighted by Gasteiger charge is -2.02. The smallest absolute Gasteiger partial charge is 0.181 e. The van der Waals surface area contributed by atoms with Crippen LogP contribution in [-0.4, -0.2) is 9.97 Å². The minimum Gasteiger partial charge on any atom is -0.375 e. The fraction of sp³-hybridized carbons (Fsp3) is 0.0769. The average molecular weight is 273 g/mol. The first kappa shape index (κ1) is 11.5. The van der Waals surface area contributed by atoms with Crippen LogP contribution in [0, 0.1) is 6.92 Å². The van der Waals surface area contributed by atoms with Crippen molar-refractivity contribution in [1.29, 1.82) is 0 Å². The number of nitrogen functional groups attached to an aromatic ring is 1. The van der Waals surface area contributed by atoms with E-state index in [1.54, 1.807) is 18.0 Å². The molecule has 2 aromatic heterocycles. The molecule has 1 aromatic carbocycles. The summed E-state index contributed by atoms with van der Waals surface area (Å²) in [6.07, 6.45) is 1.78. The van der Waals surface area contributed by atoms with Crippen molar-refractivity contribution in [3.63, 3.8) is 0 Å². The molecule has 2 N–H and O–H groups in total. The van der Waals surface area contributed by atoms with Gasteiger partial charge in [0, 0.05) is 5.39 Å². The van der Waals surface area contributed by atoms with Crippen LogP contribution in [0.1, 0.15) is 5.56 Å². The van der Waals surface area contributed by atoms with Gasteiger partial charge in [-0.1, -0.05) is 40.8 Å². The minimum absolute atomic E-state index is 0.592. The molecule has 0 atom stereocenters. The third-order valence-corrected chi connectivity index (χ3v) is 4.39. The first-order valence-corrected chi connectivity index (χ1v) is 7.10. The predicted octanol–water partition coefficient (Wildman–Crippen LogP) is 3.73. The largest absolute Gasteiger partial charge is 0.375 e. The molecule has 90 valence electrons. The van der Waals surface area contributed by atoms with Crippen LogP contribution in [0.5, 0.6) is 0 Å². The molecule has 5 heteroatoms. The first-order valence-electron chi connectivity index (χ1n) is 5.47. The SMILES string of the molecule is Cc1ccc2nc(Sc3cnc(N)s3)ccc2c1. The zero-order chi connectivity index (χ0) is 12.5. The van der Waals surface area contributed by atoms with E-state index in [1.807, 2.05) is 6.07 Å². The van der Waals surface area contributed by atoms with Gasteiger partial charge >= 0.3 is 0 Å². The number of fused-ring (bicyclic) bond motifs is 1. The van der Waals surface area contributed by atoms with Crippen LogP contribution in [0.15, 0.2) is 45.8 Å². The Balaban J connectivity index is 1.96. The number of benzene rings is 1. The number of nitrogens with two attached hydrogens (primary N) is 1. The Morgan fingerprint density at radius 3 is 2.89 bits per heavy atom. The van der Waals surface area contributed by atoms with Gasteiger partial charge in [0.1, 0.15) is 5.03 Å². The van der Waals surface area contributed by atoms with Crippen molar-refractivity contribution in [2.75, 3.05) is 5.73 Å². The summed E-state index contributed by atoms with van der Waals surface area (Å²) in [5.74, 6) is 0. The van der Waals surface area contributed by atoms with Gasteiger partial charge in [0.15, 0.2) is 5.13 Å². The highest BCUT2D eigenvalue weighted by Crippen LogP contribution is 2.32. The van der Waals surface area contributed by atoms with E-state index in [-0.39, 0.29) is 0 Å². The molecular weight excluding hydrogens is 262 g/mol. The van der Waals surface area contributed by atoms with Gasteiger partial charge in [-0.25, -0.2) is 9.97 Å². The molecule has 0 saturated carbocycles. The fourth-order valence-electron chi connectivity index (χ4n) is 1.71. The summed E-state index contributed by atoms with van der Waals surface area (Å²) in [4.78, 5) is 8.66. The molecule has 0 radical (unpaired) electrons. The van der Waals surface area contributed by atoms with Crippen molar-refractivity contribution in [2.45, 2.75) is 16.2 Å². The normalized spacial score (nSPS) is 10.9. The average Bonchev–Trinajstić information content (AvgIpc) is 2.75. The van der Waals surface area contributed by atoms with Gasteiger partial charge in [0.25, 0.3) is 0 Å². The summed E-state index contributed by atoms with van der Waals surface area (Å²) in [6.45, 7) is 2.09. The van der Waals surface area contributed by atoms with Crippen LogP contribution in [0.2, 0.25) is 0 Å². The number of aryl methyl sites for hydroxylation is 1. The van der Waals surface area contributed by atoms with E-state index in [0.29, 0.717) is 5.13 Å². The van der Waals surface area contributed by atoms with Gasteiger partial charge < -0.3 is 5.73 Å². The predicted molar refractivity (Wildman–Crippen MR) is 77.1 cm³/mol. The van der Waals surface area contributed by atoms with Crippen LogP contribution in [0.3, 0.4) is 0 Å². The van der Waals surface area contributed by atoms with E-state index in [4.69, 9.17) is 5.73 Å². The van der Waals surface area contributed by atoms with Gasteiger partial charge in [0.2, 0.25) is 0 Å². The summed E-state index contributed by atoms with van der Waals surface area (Å²) in [7, 11) is 0. The Hall–Kier alpha value is -1.59. The Kier molecular flexibility index (Phi) is 2.93. The molecule has 0 aliphatic heterocycles. The number of nitrogens with zero attached hydrogens (tertiary/aromatic N) is 2. The maximum atomic E-state index is 5.61. The van der Waals surface area contributed by atoms with Crippen molar-refractivity contribution in [1.82, 2.24) is 9.97 Å². The van der Waals surface area contributed by atoms with E-state index in [1.165, 1.54) is 22.3 Å². The van der Waals surface area contributed by atoms with Gasteiger partial charge in [-0.15, -0.1) is 0 Å². The van der Waals surface area contributed by atoms with Gasteiger partial charge in [-0.2, -0.15) is 0 Å². The van der Waals surface area contributed by atoms with Crippen molar-refractivity contribution in [3.05, 3.63) is 42.1 Å². The minimum atomic E-state index is 0.592. The molecule has 0 spiro atoms. The zero-order valence-electron chi connectivity index (χ0n) is 9.75. The van der Waals surface area contributed by atoms with Crippen molar-refractivity contribution in [2.24, 2.45) is 0 Å². The topological polar surface area (TPSA) is 51.8 Å². The summed E-state index contributed by atoms with van der Waals surface area (Å²) in [5.41, 5.74) is 7.88. The Bertz CT molecular complexity index is 706. The monoisotopic (exact) mass is 273 g/mol. The second-order valence-electron chi connectivity index (χ2n) is 3.97. The lowest BCUT2D eigenvalue weighted by molar-refractivity contribution is 1.19. The molecule has 0 amide bonds. The molecule has 2 heterocycles. The highest BCUT2D eigenvalue weighted by atomic mass is 32.2. The number of pyridine rings is 1. The van der Waals surface area contributed by atoms with E-state index in [2.05, 4.69) is 41.2 Å². The number of thiazole rings is 1. The third-order valence-electron chi connectivity index (χ3n) is 2.53. The number of aromatic nitrogens is 2. The first-order chi connectivity index (χ1) is 8.70. The van der Waals surface area contributed by atoms with Crippen molar-refractivity contribution >= 4 is 39.1 Å². The van der Waals surface area contributed by atoms with Gasteiger partial charge in [0.05, 0.1) is 15.9 Å². The fourth-order valence-corrected chi connectivity index (χ4v) is 3.39. The molecule has 18 heavy (non-hydrogen) atoms. The van der Waals surface area contributed by atoms with Crippen molar-refractivity contribution in [3.8, 4) is 0 Å². The molecule has 0 fully saturated rings. The third kappa shape index (κ3) is 2.32. The zero-order valence-corrected chi connectivity index (χ0v) is 11.4. The molecule has 3 nitrogen and oxygen atoms in total. The van der Waals surface area contributed by atoms with Gasteiger partial charge in [-0.05, 0) is 25.1 Å². The number of hydrogen-bond donors (Lipinski definition) is 1. The van der Waals surface area contributed by atoms with Gasteiger partial charge in [-0.3, -0.25) is 0 Å². The molecule has 0 aliphatic carbocycles. The highest BCUT2D eigenvalue weighted by Gasteiger charge is 2.04. The lowest BCUT2D eigenvalue weighted by atomic mass is 10.1. The molecule has 3 rings (SSSR count). The summed E-state index contributed by atoms with van der Waals surface area (Å²) >= 11 is 3.07. The Morgan fingerprint density at radius 2 is 2.11 bits per heavy atom. The summed E-state index contributed by atoms with van der Waals surface area (Å²) in [5, 5.41) is 2.73. The highest BCUT2D eigenvalue weighted by molar-refractivity contribution is 8.01. The second kappa shape index (κ2) is 4.59. The maximum Gasteiger partial charge on any atom is 0.181 e. The molecule has 0 saturated heterocycles. The van der Waals surface area contributed by atoms with E-state index in [0.717, 1.165) is 14.8 Å². The van der Waals surface area contributed by atoms with E-state index < -0.39 is 0 Å². The summed E-state index contributed by atoms with van der Waals surface area (Å²) in [6, 6.07) is 10.4. The van der Waals surface area contributed by atoms with Crippen LogP contribution < -0.4 is 5.73 Å². The molecular formula is C13H11N3S2. The maximum absolute atomic E-state index is 5.61. The van der Waals surface area contributed by atoms with Crippen LogP contribution >= 0.6 is 23.1 Å².